The molecule has 1 aromatic rings. The van der Waals surface area contributed by atoms with Gasteiger partial charge in [0.05, 0.1) is 0 Å². The number of ketones is 1. The van der Waals surface area contributed by atoms with Crippen LogP contribution >= 0.6 is 23.2 Å². The average molecular weight is 217 g/mol. The highest BCUT2D eigenvalue weighted by molar-refractivity contribution is 6.33. The minimum Gasteiger partial charge on any atom is -0.299 e. The highest BCUT2D eigenvalue weighted by atomic mass is 35.5. The van der Waals surface area contributed by atoms with E-state index in [1.54, 1.807) is 18.2 Å². The molecule has 0 amide bonds. The van der Waals surface area contributed by atoms with Crippen molar-refractivity contribution in [3.05, 3.63) is 33.8 Å². The molecule has 0 fully saturated rings. The Bertz CT molecular complexity index is 321. The fourth-order valence-corrected chi connectivity index (χ4v) is 1.40. The molecule has 3 heteroatoms. The second kappa shape index (κ2) is 4.64. The van der Waals surface area contributed by atoms with Crippen LogP contribution in [0.5, 0.6) is 0 Å². The normalized spacial score (nSPS) is 10.1. The first-order valence-electron chi connectivity index (χ1n) is 4.09. The van der Waals surface area contributed by atoms with Gasteiger partial charge in [-0.15, -0.1) is 0 Å². The molecule has 0 aliphatic rings. The lowest BCUT2D eigenvalue weighted by molar-refractivity contribution is -0.118. The van der Waals surface area contributed by atoms with Crippen LogP contribution in [0.2, 0.25) is 10.0 Å². The Labute approximate surface area is 87.7 Å². The summed E-state index contributed by atoms with van der Waals surface area (Å²) in [5.41, 5.74) is 0.806. The van der Waals surface area contributed by atoms with Crippen molar-refractivity contribution >= 4 is 29.0 Å². The van der Waals surface area contributed by atoms with Gasteiger partial charge >= 0.3 is 0 Å². The van der Waals surface area contributed by atoms with Crippen LogP contribution in [0.25, 0.3) is 0 Å². The van der Waals surface area contributed by atoms with E-state index in [1.165, 1.54) is 0 Å². The van der Waals surface area contributed by atoms with Crippen molar-refractivity contribution in [2.24, 2.45) is 0 Å². The fourth-order valence-electron chi connectivity index (χ4n) is 1.02. The first-order valence-corrected chi connectivity index (χ1v) is 4.84. The molecule has 0 saturated heterocycles. The summed E-state index contributed by atoms with van der Waals surface area (Å²) in [6, 6.07) is 5.16. The Kier molecular flexibility index (Phi) is 3.76. The standard InChI is InChI=1S/C10H10Cl2O/c1-2-9(13)6-7-5-8(11)3-4-10(7)12/h3-5H,2,6H2,1H3. The first-order chi connectivity index (χ1) is 6.13. The number of carbonyl (C=O) groups is 1. The van der Waals surface area contributed by atoms with Gasteiger partial charge in [0.15, 0.2) is 0 Å². The summed E-state index contributed by atoms with van der Waals surface area (Å²) >= 11 is 11.7. The van der Waals surface area contributed by atoms with Crippen LogP contribution in [0.15, 0.2) is 18.2 Å². The van der Waals surface area contributed by atoms with Crippen molar-refractivity contribution in [3.63, 3.8) is 0 Å². The van der Waals surface area contributed by atoms with Gasteiger partial charge in [-0.3, -0.25) is 4.79 Å². The molecule has 0 radical (unpaired) electrons. The molecule has 0 saturated carbocycles. The summed E-state index contributed by atoms with van der Waals surface area (Å²) in [6.45, 7) is 1.83. The molecule has 0 aromatic heterocycles. The predicted molar refractivity (Wildman–Crippen MR) is 55.5 cm³/mol. The van der Waals surface area contributed by atoms with Gasteiger partial charge < -0.3 is 0 Å². The van der Waals surface area contributed by atoms with Gasteiger partial charge in [-0.2, -0.15) is 0 Å². The number of Topliss-reactive ketones (excluding diaryl/α,β-unsaturated/α-hetero) is 1. The maximum absolute atomic E-state index is 11.1. The monoisotopic (exact) mass is 216 g/mol. The number of benzene rings is 1. The lowest BCUT2D eigenvalue weighted by Gasteiger charge is -2.02. The quantitative estimate of drug-likeness (QED) is 0.756. The highest BCUT2D eigenvalue weighted by Crippen LogP contribution is 2.21. The van der Waals surface area contributed by atoms with Crippen LogP contribution in [0.1, 0.15) is 18.9 Å². The lowest BCUT2D eigenvalue weighted by atomic mass is 10.1. The van der Waals surface area contributed by atoms with E-state index in [1.807, 2.05) is 6.92 Å². The fraction of sp³-hybridized carbons (Fsp3) is 0.300. The van der Waals surface area contributed by atoms with E-state index in [0.29, 0.717) is 22.9 Å². The van der Waals surface area contributed by atoms with Crippen molar-refractivity contribution in [1.29, 1.82) is 0 Å². The van der Waals surface area contributed by atoms with Crippen LogP contribution in [-0.2, 0) is 11.2 Å². The molecular formula is C10H10Cl2O. The summed E-state index contributed by atoms with van der Waals surface area (Å²) in [6.07, 6.45) is 0.902. The van der Waals surface area contributed by atoms with E-state index < -0.39 is 0 Å². The maximum Gasteiger partial charge on any atom is 0.137 e. The van der Waals surface area contributed by atoms with Crippen molar-refractivity contribution in [3.8, 4) is 0 Å². The third-order valence-electron chi connectivity index (χ3n) is 1.79. The smallest absolute Gasteiger partial charge is 0.137 e. The number of halogens is 2. The van der Waals surface area contributed by atoms with Crippen molar-refractivity contribution in [2.75, 3.05) is 0 Å². The molecule has 0 N–H and O–H groups in total. The molecule has 70 valence electrons. The lowest BCUT2D eigenvalue weighted by Crippen LogP contribution is -2.00. The van der Waals surface area contributed by atoms with Crippen LogP contribution in [0, 0.1) is 0 Å². The third-order valence-corrected chi connectivity index (χ3v) is 2.39. The molecule has 0 bridgehead atoms. The SMILES string of the molecule is CCC(=O)Cc1cc(Cl)ccc1Cl. The highest BCUT2D eigenvalue weighted by Gasteiger charge is 2.05. The molecule has 0 aliphatic carbocycles. The number of hydrogen-bond donors (Lipinski definition) is 0. The molecule has 0 unspecified atom stereocenters. The van der Waals surface area contributed by atoms with E-state index in [4.69, 9.17) is 23.2 Å². The van der Waals surface area contributed by atoms with Crippen LogP contribution in [-0.4, -0.2) is 5.78 Å². The Balaban J connectivity index is 2.87. The Morgan fingerprint density at radius 3 is 2.69 bits per heavy atom. The van der Waals surface area contributed by atoms with E-state index in [0.717, 1.165) is 5.56 Å². The Hall–Kier alpha value is -0.530. The maximum atomic E-state index is 11.1. The molecule has 0 heterocycles. The van der Waals surface area contributed by atoms with Crippen molar-refractivity contribution in [2.45, 2.75) is 19.8 Å². The minimum absolute atomic E-state index is 0.171. The predicted octanol–water partition coefficient (Wildman–Crippen LogP) is 3.52. The second-order valence-electron chi connectivity index (χ2n) is 2.80. The first kappa shape index (κ1) is 10.6. The molecule has 0 atom stereocenters. The zero-order valence-corrected chi connectivity index (χ0v) is 8.82. The topological polar surface area (TPSA) is 17.1 Å². The van der Waals surface area contributed by atoms with Crippen molar-refractivity contribution in [1.82, 2.24) is 0 Å². The molecule has 1 nitrogen and oxygen atoms in total. The summed E-state index contributed by atoms with van der Waals surface area (Å²) in [5.74, 6) is 0.171. The zero-order valence-electron chi connectivity index (χ0n) is 7.31. The minimum atomic E-state index is 0.171. The van der Waals surface area contributed by atoms with E-state index in [-0.39, 0.29) is 5.78 Å². The van der Waals surface area contributed by atoms with Gasteiger partial charge in [-0.1, -0.05) is 30.1 Å². The molecule has 0 spiro atoms. The van der Waals surface area contributed by atoms with E-state index >= 15 is 0 Å². The summed E-state index contributed by atoms with van der Waals surface area (Å²) < 4.78 is 0. The van der Waals surface area contributed by atoms with E-state index in [9.17, 15) is 4.79 Å². The average Bonchev–Trinajstić information content (AvgIpc) is 2.11. The molecular weight excluding hydrogens is 207 g/mol. The number of carbonyl (C=O) groups excluding carboxylic acids is 1. The van der Waals surface area contributed by atoms with Gasteiger partial charge in [-0.25, -0.2) is 0 Å². The van der Waals surface area contributed by atoms with Gasteiger partial charge in [-0.05, 0) is 23.8 Å². The van der Waals surface area contributed by atoms with Crippen LogP contribution in [0.4, 0.5) is 0 Å². The van der Waals surface area contributed by atoms with E-state index in [2.05, 4.69) is 0 Å². The summed E-state index contributed by atoms with van der Waals surface area (Å²) in [5, 5.41) is 1.22. The molecule has 0 aliphatic heterocycles. The summed E-state index contributed by atoms with van der Waals surface area (Å²) in [4.78, 5) is 11.1. The van der Waals surface area contributed by atoms with Gasteiger partial charge in [0.1, 0.15) is 5.78 Å². The second-order valence-corrected chi connectivity index (χ2v) is 3.65. The molecule has 1 rings (SSSR count). The largest absolute Gasteiger partial charge is 0.299 e. The Morgan fingerprint density at radius 2 is 2.08 bits per heavy atom. The Morgan fingerprint density at radius 1 is 1.38 bits per heavy atom. The van der Waals surface area contributed by atoms with Gasteiger partial charge in [0.25, 0.3) is 0 Å². The number of hydrogen-bond acceptors (Lipinski definition) is 1. The number of rotatable bonds is 3. The van der Waals surface area contributed by atoms with Gasteiger partial charge in [0.2, 0.25) is 0 Å². The molecule has 1 aromatic carbocycles. The van der Waals surface area contributed by atoms with Crippen molar-refractivity contribution < 1.29 is 4.79 Å². The van der Waals surface area contributed by atoms with Crippen LogP contribution < -0.4 is 0 Å². The van der Waals surface area contributed by atoms with Crippen LogP contribution in [0.3, 0.4) is 0 Å². The zero-order chi connectivity index (χ0) is 9.84. The third kappa shape index (κ3) is 3.02. The van der Waals surface area contributed by atoms with Gasteiger partial charge in [0, 0.05) is 22.9 Å². The molecule has 13 heavy (non-hydrogen) atoms. The summed E-state index contributed by atoms with van der Waals surface area (Å²) in [7, 11) is 0.